The van der Waals surface area contributed by atoms with E-state index in [4.69, 9.17) is 14.2 Å². The van der Waals surface area contributed by atoms with E-state index in [2.05, 4.69) is 10.3 Å². The van der Waals surface area contributed by atoms with Crippen LogP contribution < -0.4 is 14.8 Å². The summed E-state index contributed by atoms with van der Waals surface area (Å²) in [6.07, 6.45) is 1.73. The first-order valence-corrected chi connectivity index (χ1v) is 12.7. The number of amides is 2. The molecule has 2 amide bonds. The molecule has 10 heteroatoms. The normalized spacial score (nSPS) is 15.0. The number of benzene rings is 3. The summed E-state index contributed by atoms with van der Waals surface area (Å²) in [6.45, 7) is 1.78. The first-order valence-electron chi connectivity index (χ1n) is 11.9. The van der Waals surface area contributed by atoms with Gasteiger partial charge in [0.25, 0.3) is 11.8 Å². The molecule has 0 bridgehead atoms. The van der Waals surface area contributed by atoms with Crippen molar-refractivity contribution in [1.29, 1.82) is 0 Å². The maximum atomic E-state index is 12.9. The second-order valence-corrected chi connectivity index (χ2v) is 9.53. The van der Waals surface area contributed by atoms with Crippen LogP contribution in [0.3, 0.4) is 0 Å². The summed E-state index contributed by atoms with van der Waals surface area (Å²) in [5, 5.41) is 3.26. The molecule has 0 radical (unpaired) electrons. The number of esters is 1. The molecule has 1 aliphatic heterocycles. The van der Waals surface area contributed by atoms with Gasteiger partial charge in [-0.3, -0.25) is 14.5 Å². The number of anilines is 1. The van der Waals surface area contributed by atoms with Crippen molar-refractivity contribution in [1.82, 2.24) is 4.90 Å². The van der Waals surface area contributed by atoms with Crippen LogP contribution in [0.1, 0.15) is 21.5 Å². The number of hydrogen-bond donors (Lipinski definition) is 1. The van der Waals surface area contributed by atoms with Crippen LogP contribution in [0.2, 0.25) is 0 Å². The van der Waals surface area contributed by atoms with Crippen LogP contribution in [0.25, 0.3) is 6.08 Å². The van der Waals surface area contributed by atoms with Gasteiger partial charge in [0.2, 0.25) is 0 Å². The van der Waals surface area contributed by atoms with E-state index in [1.54, 1.807) is 55.6 Å². The number of aliphatic imine (C=N–C) groups is 1. The highest BCUT2D eigenvalue weighted by molar-refractivity contribution is 8.18. The summed E-state index contributed by atoms with van der Waals surface area (Å²) < 4.78 is 15.9. The van der Waals surface area contributed by atoms with Crippen molar-refractivity contribution in [2.45, 2.75) is 6.92 Å². The molecule has 39 heavy (non-hydrogen) atoms. The molecule has 1 fully saturated rings. The summed E-state index contributed by atoms with van der Waals surface area (Å²) in [6, 6.07) is 19.3. The van der Waals surface area contributed by atoms with Gasteiger partial charge < -0.3 is 19.5 Å². The molecule has 0 aromatic heterocycles. The van der Waals surface area contributed by atoms with Gasteiger partial charge in [-0.2, -0.15) is 0 Å². The minimum atomic E-state index is -0.464. The summed E-state index contributed by atoms with van der Waals surface area (Å²) in [5.74, 6) is -0.157. The quantitative estimate of drug-likeness (QED) is 0.312. The van der Waals surface area contributed by atoms with Gasteiger partial charge in [-0.25, -0.2) is 9.79 Å². The highest BCUT2D eigenvalue weighted by Crippen LogP contribution is 2.35. The number of methoxy groups -OCH3 is 2. The van der Waals surface area contributed by atoms with Gasteiger partial charge in [0.05, 0.1) is 30.4 Å². The monoisotopic (exact) mass is 545 g/mol. The Bertz CT molecular complexity index is 1470. The van der Waals surface area contributed by atoms with Crippen molar-refractivity contribution in [2.24, 2.45) is 4.99 Å². The lowest BCUT2D eigenvalue weighted by Gasteiger charge is -2.12. The molecule has 1 aliphatic rings. The Hall–Kier alpha value is -4.57. The number of rotatable bonds is 8. The van der Waals surface area contributed by atoms with E-state index in [1.165, 1.54) is 30.9 Å². The fourth-order valence-corrected chi connectivity index (χ4v) is 4.59. The van der Waals surface area contributed by atoms with Crippen LogP contribution in [0.5, 0.6) is 11.5 Å². The second kappa shape index (κ2) is 12.3. The zero-order valence-electron chi connectivity index (χ0n) is 21.9. The third-order valence-electron chi connectivity index (χ3n) is 5.68. The number of carbonyl (C=O) groups excluding carboxylic acids is 3. The Labute approximate surface area is 230 Å². The summed E-state index contributed by atoms with van der Waals surface area (Å²) >= 11 is 1.22. The third kappa shape index (κ3) is 6.85. The van der Waals surface area contributed by atoms with Gasteiger partial charge >= 0.3 is 5.97 Å². The second-order valence-electron chi connectivity index (χ2n) is 8.52. The van der Waals surface area contributed by atoms with Crippen molar-refractivity contribution in [2.75, 3.05) is 33.2 Å². The summed E-state index contributed by atoms with van der Waals surface area (Å²) in [4.78, 5) is 43.4. The maximum Gasteiger partial charge on any atom is 0.337 e. The van der Waals surface area contributed by atoms with Crippen molar-refractivity contribution in [3.8, 4) is 11.5 Å². The first kappa shape index (κ1) is 27.5. The van der Waals surface area contributed by atoms with E-state index >= 15 is 0 Å². The molecule has 1 N–H and O–H groups in total. The number of aryl methyl sites for hydroxylation is 1. The fraction of sp³-hybridized carbons (Fsp3) is 0.172. The number of ether oxygens (including phenoxy) is 3. The first-order chi connectivity index (χ1) is 18.8. The molecule has 200 valence electrons. The molecule has 4 rings (SSSR count). The molecule has 0 spiro atoms. The van der Waals surface area contributed by atoms with Gasteiger partial charge in [-0.1, -0.05) is 29.8 Å². The van der Waals surface area contributed by atoms with Gasteiger partial charge in [0, 0.05) is 12.7 Å². The molecule has 0 aliphatic carbocycles. The van der Waals surface area contributed by atoms with E-state index < -0.39 is 5.97 Å². The predicted octanol–water partition coefficient (Wildman–Crippen LogP) is 5.04. The number of thioether (sulfide) groups is 1. The predicted molar refractivity (Wildman–Crippen MR) is 152 cm³/mol. The molecule has 3 aromatic rings. The van der Waals surface area contributed by atoms with Gasteiger partial charge in [-0.15, -0.1) is 0 Å². The lowest BCUT2D eigenvalue weighted by Crippen LogP contribution is -2.23. The van der Waals surface area contributed by atoms with Crippen LogP contribution in [-0.2, 0) is 14.3 Å². The van der Waals surface area contributed by atoms with Crippen molar-refractivity contribution in [3.05, 3.63) is 88.3 Å². The van der Waals surface area contributed by atoms with Gasteiger partial charge in [0.1, 0.15) is 0 Å². The fourth-order valence-electron chi connectivity index (χ4n) is 3.60. The molecule has 9 nitrogen and oxygen atoms in total. The van der Waals surface area contributed by atoms with E-state index in [0.29, 0.717) is 44.1 Å². The Morgan fingerprint density at radius 1 is 1.03 bits per heavy atom. The number of likely N-dealkylation sites (N-methyl/N-ethyl adjacent to an activating group) is 1. The Balaban J connectivity index is 1.45. The number of amidine groups is 1. The Morgan fingerprint density at radius 2 is 1.79 bits per heavy atom. The molecular weight excluding hydrogens is 518 g/mol. The van der Waals surface area contributed by atoms with Crippen LogP contribution in [-0.4, -0.2) is 55.7 Å². The third-order valence-corrected chi connectivity index (χ3v) is 6.74. The topological polar surface area (TPSA) is 107 Å². The van der Waals surface area contributed by atoms with E-state index in [0.717, 1.165) is 5.56 Å². The van der Waals surface area contributed by atoms with E-state index in [1.807, 2.05) is 31.2 Å². The standard InChI is InChI=1S/C29H27N3O6S/c1-18-8-11-21(12-9-18)30-26(33)17-38-23-13-10-19(14-24(23)36-3)15-25-27(34)32(2)29(39-25)31-22-7-5-6-20(16-22)28(35)37-4/h5-16H,17H2,1-4H3,(H,30,33). The number of hydrogen-bond acceptors (Lipinski definition) is 8. The van der Waals surface area contributed by atoms with Crippen molar-refractivity contribution < 1.29 is 28.6 Å². The largest absolute Gasteiger partial charge is 0.493 e. The smallest absolute Gasteiger partial charge is 0.337 e. The summed E-state index contributed by atoms with van der Waals surface area (Å²) in [7, 11) is 4.45. The average molecular weight is 546 g/mol. The zero-order chi connectivity index (χ0) is 27.9. The molecule has 3 aromatic carbocycles. The minimum absolute atomic E-state index is 0.194. The van der Waals surface area contributed by atoms with Crippen molar-refractivity contribution >= 4 is 52.2 Å². The molecule has 1 heterocycles. The zero-order valence-corrected chi connectivity index (χ0v) is 22.7. The van der Waals surface area contributed by atoms with Crippen LogP contribution in [0, 0.1) is 6.92 Å². The SMILES string of the molecule is COC(=O)c1cccc(N=C2SC(=Cc3ccc(OCC(=O)Nc4ccc(C)cc4)c(OC)c3)C(=O)N2C)c1. The molecule has 1 saturated heterocycles. The lowest BCUT2D eigenvalue weighted by atomic mass is 10.2. The Morgan fingerprint density at radius 3 is 2.51 bits per heavy atom. The molecule has 0 atom stereocenters. The average Bonchev–Trinajstić information content (AvgIpc) is 3.20. The van der Waals surface area contributed by atoms with E-state index in [9.17, 15) is 14.4 Å². The molecule has 0 unspecified atom stereocenters. The van der Waals surface area contributed by atoms with Crippen LogP contribution >= 0.6 is 11.8 Å². The maximum absolute atomic E-state index is 12.9. The summed E-state index contributed by atoms with van der Waals surface area (Å²) in [5.41, 5.74) is 3.39. The van der Waals surface area contributed by atoms with Crippen molar-refractivity contribution in [3.63, 3.8) is 0 Å². The highest BCUT2D eigenvalue weighted by Gasteiger charge is 2.30. The van der Waals surface area contributed by atoms with E-state index in [-0.39, 0.29) is 18.4 Å². The lowest BCUT2D eigenvalue weighted by molar-refractivity contribution is -0.121. The van der Waals surface area contributed by atoms with Crippen LogP contribution in [0.15, 0.2) is 76.6 Å². The van der Waals surface area contributed by atoms with Gasteiger partial charge in [-0.05, 0) is 72.8 Å². The molecular formula is C29H27N3O6S. The minimum Gasteiger partial charge on any atom is -0.493 e. The molecule has 0 saturated carbocycles. The van der Waals surface area contributed by atoms with Gasteiger partial charge in [0.15, 0.2) is 23.3 Å². The van der Waals surface area contributed by atoms with Crippen LogP contribution in [0.4, 0.5) is 11.4 Å². The number of nitrogens with zero attached hydrogens (tertiary/aromatic N) is 2. The highest BCUT2D eigenvalue weighted by atomic mass is 32.2. The Kier molecular flexibility index (Phi) is 8.67. The number of carbonyl (C=O) groups is 3. The number of nitrogens with one attached hydrogen (secondary N) is 1.